The molecular formula is C14H15NO2S. The van der Waals surface area contributed by atoms with Gasteiger partial charge in [-0.3, -0.25) is 4.79 Å². The molecule has 0 radical (unpaired) electrons. The van der Waals surface area contributed by atoms with Gasteiger partial charge < -0.3 is 4.84 Å². The maximum atomic E-state index is 12.3. The van der Waals surface area contributed by atoms with E-state index in [1.807, 2.05) is 47.8 Å². The molecule has 1 atom stereocenters. The molecule has 0 aliphatic heterocycles. The van der Waals surface area contributed by atoms with E-state index >= 15 is 0 Å². The summed E-state index contributed by atoms with van der Waals surface area (Å²) in [6.45, 7) is 0. The zero-order valence-corrected chi connectivity index (χ0v) is 10.9. The van der Waals surface area contributed by atoms with Crippen molar-refractivity contribution in [2.24, 2.45) is 0 Å². The number of nitrogens with one attached hydrogen (secondary N) is 1. The second-order valence-corrected chi connectivity index (χ2v) is 4.88. The third kappa shape index (κ3) is 3.26. The van der Waals surface area contributed by atoms with E-state index in [2.05, 4.69) is 5.48 Å². The summed E-state index contributed by atoms with van der Waals surface area (Å²) in [7, 11) is 1.52. The molecule has 0 spiro atoms. The molecule has 0 aliphatic carbocycles. The van der Waals surface area contributed by atoms with Crippen molar-refractivity contribution in [2.45, 2.75) is 12.5 Å². The highest BCUT2D eigenvalue weighted by atomic mass is 32.1. The molecule has 1 heterocycles. The van der Waals surface area contributed by atoms with Crippen LogP contribution in [0, 0.1) is 0 Å². The van der Waals surface area contributed by atoms with E-state index in [9.17, 15) is 4.79 Å². The van der Waals surface area contributed by atoms with Crippen LogP contribution in [0.3, 0.4) is 0 Å². The van der Waals surface area contributed by atoms with Gasteiger partial charge in [0.1, 0.15) is 6.04 Å². The molecule has 1 aromatic heterocycles. The molecular weight excluding hydrogens is 246 g/mol. The van der Waals surface area contributed by atoms with Gasteiger partial charge in [-0.15, -0.1) is 11.3 Å². The quantitative estimate of drug-likeness (QED) is 0.813. The lowest BCUT2D eigenvalue weighted by Gasteiger charge is -2.14. The first-order valence-corrected chi connectivity index (χ1v) is 6.58. The Balaban J connectivity index is 2.09. The van der Waals surface area contributed by atoms with E-state index in [0.717, 1.165) is 10.4 Å². The highest BCUT2D eigenvalue weighted by Crippen LogP contribution is 2.21. The number of carbonyl (C=O) groups is 1. The van der Waals surface area contributed by atoms with Gasteiger partial charge in [-0.25, -0.2) is 0 Å². The molecule has 0 saturated heterocycles. The summed E-state index contributed by atoms with van der Waals surface area (Å²) in [4.78, 5) is 18.2. The Hall–Kier alpha value is -1.49. The van der Waals surface area contributed by atoms with Crippen LogP contribution in [0.25, 0.3) is 0 Å². The molecule has 0 aliphatic rings. The largest absolute Gasteiger partial charge is 0.304 e. The van der Waals surface area contributed by atoms with Crippen LogP contribution in [-0.4, -0.2) is 12.9 Å². The minimum atomic E-state index is -0.393. The maximum Gasteiger partial charge on any atom is 0.161 e. The second kappa shape index (κ2) is 6.44. The Morgan fingerprint density at radius 3 is 2.67 bits per heavy atom. The fourth-order valence-corrected chi connectivity index (χ4v) is 2.54. The summed E-state index contributed by atoms with van der Waals surface area (Å²) in [5, 5.41) is 1.95. The van der Waals surface area contributed by atoms with Crippen molar-refractivity contribution < 1.29 is 9.63 Å². The van der Waals surface area contributed by atoms with Crippen LogP contribution < -0.4 is 5.48 Å². The molecule has 4 heteroatoms. The summed E-state index contributed by atoms with van der Waals surface area (Å²) in [5.74, 6) is 0.102. The number of Topliss-reactive ketones (excluding diaryl/α,β-unsaturated/α-hetero) is 1. The monoisotopic (exact) mass is 261 g/mol. The van der Waals surface area contributed by atoms with Gasteiger partial charge in [-0.1, -0.05) is 36.4 Å². The Kier molecular flexibility index (Phi) is 4.64. The Bertz CT molecular complexity index is 482. The van der Waals surface area contributed by atoms with Crippen molar-refractivity contribution in [3.63, 3.8) is 0 Å². The van der Waals surface area contributed by atoms with E-state index in [0.29, 0.717) is 6.42 Å². The first-order valence-electron chi connectivity index (χ1n) is 5.70. The van der Waals surface area contributed by atoms with Crippen LogP contribution in [0.15, 0.2) is 47.8 Å². The Morgan fingerprint density at radius 2 is 2.06 bits per heavy atom. The smallest absolute Gasteiger partial charge is 0.161 e. The Labute approximate surface area is 110 Å². The number of hydroxylamine groups is 1. The number of carbonyl (C=O) groups excluding carboxylic acids is 1. The molecule has 0 saturated carbocycles. The standard InChI is InChI=1S/C14H15NO2S/c1-17-15-14(13-8-5-9-18-13)12(16)10-11-6-3-2-4-7-11/h2-9,14-15H,10H2,1H3. The summed E-state index contributed by atoms with van der Waals surface area (Å²) in [5.41, 5.74) is 3.78. The summed E-state index contributed by atoms with van der Waals surface area (Å²) in [6.07, 6.45) is 0.403. The van der Waals surface area contributed by atoms with Crippen molar-refractivity contribution >= 4 is 17.1 Å². The van der Waals surface area contributed by atoms with Crippen LogP contribution in [0.5, 0.6) is 0 Å². The summed E-state index contributed by atoms with van der Waals surface area (Å²) < 4.78 is 0. The molecule has 2 aromatic rings. The second-order valence-electron chi connectivity index (χ2n) is 3.90. The Morgan fingerprint density at radius 1 is 1.28 bits per heavy atom. The zero-order valence-electron chi connectivity index (χ0n) is 10.1. The number of rotatable bonds is 6. The van der Waals surface area contributed by atoms with Crippen molar-refractivity contribution in [2.75, 3.05) is 7.11 Å². The third-order valence-corrected chi connectivity index (χ3v) is 3.54. The van der Waals surface area contributed by atoms with Gasteiger partial charge in [0, 0.05) is 11.3 Å². The van der Waals surface area contributed by atoms with E-state index in [-0.39, 0.29) is 5.78 Å². The van der Waals surface area contributed by atoms with Crippen molar-refractivity contribution in [3.8, 4) is 0 Å². The molecule has 2 rings (SSSR count). The lowest BCUT2D eigenvalue weighted by molar-refractivity contribution is -0.123. The van der Waals surface area contributed by atoms with Gasteiger partial charge >= 0.3 is 0 Å². The fourth-order valence-electron chi connectivity index (χ4n) is 1.75. The van der Waals surface area contributed by atoms with Gasteiger partial charge in [-0.2, -0.15) is 5.48 Å². The SMILES string of the molecule is CONC(C(=O)Cc1ccccc1)c1cccs1. The number of hydrogen-bond donors (Lipinski definition) is 1. The lowest BCUT2D eigenvalue weighted by Crippen LogP contribution is -2.28. The number of thiophene rings is 1. The summed E-state index contributed by atoms with van der Waals surface area (Å²) >= 11 is 1.55. The van der Waals surface area contributed by atoms with E-state index in [4.69, 9.17) is 4.84 Å². The van der Waals surface area contributed by atoms with Crippen LogP contribution in [-0.2, 0) is 16.1 Å². The topological polar surface area (TPSA) is 38.3 Å². The number of ketones is 1. The first kappa shape index (κ1) is 13.0. The van der Waals surface area contributed by atoms with Crippen LogP contribution in [0.1, 0.15) is 16.5 Å². The van der Waals surface area contributed by atoms with Crippen molar-refractivity contribution in [1.29, 1.82) is 0 Å². The molecule has 1 aromatic carbocycles. The van der Waals surface area contributed by atoms with E-state index in [1.54, 1.807) is 11.3 Å². The molecule has 3 nitrogen and oxygen atoms in total. The van der Waals surface area contributed by atoms with Crippen LogP contribution in [0.4, 0.5) is 0 Å². The predicted octanol–water partition coefficient (Wildman–Crippen LogP) is 2.75. The highest BCUT2D eigenvalue weighted by Gasteiger charge is 2.21. The van der Waals surface area contributed by atoms with E-state index in [1.165, 1.54) is 7.11 Å². The van der Waals surface area contributed by atoms with Crippen LogP contribution in [0.2, 0.25) is 0 Å². The van der Waals surface area contributed by atoms with E-state index < -0.39 is 6.04 Å². The molecule has 18 heavy (non-hydrogen) atoms. The average molecular weight is 261 g/mol. The molecule has 1 N–H and O–H groups in total. The van der Waals surface area contributed by atoms with Crippen molar-refractivity contribution in [3.05, 3.63) is 58.3 Å². The van der Waals surface area contributed by atoms with Gasteiger partial charge in [-0.05, 0) is 17.0 Å². The first-order chi connectivity index (χ1) is 8.81. The molecule has 0 fully saturated rings. The lowest BCUT2D eigenvalue weighted by atomic mass is 10.0. The fraction of sp³-hybridized carbons (Fsp3) is 0.214. The van der Waals surface area contributed by atoms with Gasteiger partial charge in [0.25, 0.3) is 0 Å². The molecule has 0 amide bonds. The van der Waals surface area contributed by atoms with Gasteiger partial charge in [0.15, 0.2) is 5.78 Å². The molecule has 0 bridgehead atoms. The normalized spacial score (nSPS) is 12.3. The minimum Gasteiger partial charge on any atom is -0.304 e. The predicted molar refractivity (Wildman–Crippen MR) is 72.4 cm³/mol. The van der Waals surface area contributed by atoms with Crippen molar-refractivity contribution in [1.82, 2.24) is 5.48 Å². The molecule has 1 unspecified atom stereocenters. The number of benzene rings is 1. The van der Waals surface area contributed by atoms with Crippen LogP contribution >= 0.6 is 11.3 Å². The summed E-state index contributed by atoms with van der Waals surface area (Å²) in [6, 6.07) is 13.2. The maximum absolute atomic E-state index is 12.3. The minimum absolute atomic E-state index is 0.102. The average Bonchev–Trinajstić information content (AvgIpc) is 2.90. The molecule has 94 valence electrons. The van der Waals surface area contributed by atoms with Gasteiger partial charge in [0.05, 0.1) is 7.11 Å². The highest BCUT2D eigenvalue weighted by molar-refractivity contribution is 7.10. The van der Waals surface area contributed by atoms with Gasteiger partial charge in [0.2, 0.25) is 0 Å². The zero-order chi connectivity index (χ0) is 12.8. The third-order valence-electron chi connectivity index (χ3n) is 2.61. The number of hydrogen-bond acceptors (Lipinski definition) is 4.